The number of carbonyl (C=O) groups excluding carboxylic acids is 1. The number of H-pyrrole nitrogens is 1. The van der Waals surface area contributed by atoms with Crippen molar-refractivity contribution in [1.29, 1.82) is 0 Å². The number of aromatic nitrogens is 2. The van der Waals surface area contributed by atoms with Crippen LogP contribution in [-0.4, -0.2) is 56.0 Å². The Balaban J connectivity index is 1.86. The lowest BCUT2D eigenvalue weighted by Crippen LogP contribution is -2.29. The van der Waals surface area contributed by atoms with E-state index in [0.29, 0.717) is 54.5 Å². The summed E-state index contributed by atoms with van der Waals surface area (Å²) in [5, 5.41) is 9.22. The highest BCUT2D eigenvalue weighted by atomic mass is 35.5. The molecule has 3 rings (SSSR count). The number of hydrogen-bond donors (Lipinski definition) is 4. The Morgan fingerprint density at radius 3 is 2.32 bits per heavy atom. The van der Waals surface area contributed by atoms with E-state index in [1.807, 2.05) is 14.1 Å². The quantitative estimate of drug-likeness (QED) is 0.360. The monoisotopic (exact) mass is 467 g/mol. The van der Waals surface area contributed by atoms with Crippen molar-refractivity contribution in [2.24, 2.45) is 0 Å². The van der Waals surface area contributed by atoms with Crippen LogP contribution in [0.3, 0.4) is 0 Å². The van der Waals surface area contributed by atoms with Gasteiger partial charge in [0.15, 0.2) is 11.5 Å². The maximum Gasteiger partial charge on any atom is 0.334 e. The molecule has 0 atom stereocenters. The summed E-state index contributed by atoms with van der Waals surface area (Å²) >= 11 is 12.0. The average Bonchev–Trinajstić information content (AvgIpc) is 3.04. The van der Waals surface area contributed by atoms with Gasteiger partial charge in [-0.3, -0.25) is 0 Å². The van der Waals surface area contributed by atoms with Gasteiger partial charge in [-0.25, -0.2) is 14.2 Å². The van der Waals surface area contributed by atoms with Crippen LogP contribution in [0.5, 0.6) is 11.5 Å². The molecule has 1 aromatic heterocycles. The zero-order chi connectivity index (χ0) is 22.4. The fraction of sp³-hybridized carbons (Fsp3) is 0.300. The van der Waals surface area contributed by atoms with Gasteiger partial charge in [0.2, 0.25) is 0 Å². The summed E-state index contributed by atoms with van der Waals surface area (Å²) in [6.45, 7) is 2.18. The van der Waals surface area contributed by atoms with Gasteiger partial charge in [0.1, 0.15) is 13.2 Å². The number of hydrogen-bond acceptors (Lipinski definition) is 6. The molecule has 0 fully saturated rings. The number of likely N-dealkylation sites (N-methyl/N-ethyl adjacent to an activating group) is 2. The number of nitrogens with zero attached hydrogens (tertiary/aromatic N) is 1. The highest BCUT2D eigenvalue weighted by Gasteiger charge is 2.17. The SMILES string of the molecule is CNCCOc1ccc(NC(=O)n2c(=O)[nH]c3cc(Cl)c(Cl)cc32)cc1OCCNC. The first-order chi connectivity index (χ1) is 14.9. The minimum absolute atomic E-state index is 0.234. The van der Waals surface area contributed by atoms with Crippen molar-refractivity contribution >= 4 is 46.0 Å². The van der Waals surface area contributed by atoms with E-state index in [1.165, 1.54) is 12.1 Å². The van der Waals surface area contributed by atoms with E-state index in [-0.39, 0.29) is 10.0 Å². The number of carbonyl (C=O) groups is 1. The molecule has 0 radical (unpaired) electrons. The second-order valence-corrected chi connectivity index (χ2v) is 7.36. The van der Waals surface area contributed by atoms with E-state index in [1.54, 1.807) is 18.2 Å². The van der Waals surface area contributed by atoms with Crippen molar-refractivity contribution in [3.63, 3.8) is 0 Å². The molecule has 3 aromatic rings. The largest absolute Gasteiger partial charge is 0.488 e. The third-order valence-corrected chi connectivity index (χ3v) is 5.06. The molecule has 0 unspecified atom stereocenters. The average molecular weight is 468 g/mol. The number of ether oxygens (including phenoxy) is 2. The predicted molar refractivity (Wildman–Crippen MR) is 122 cm³/mol. The predicted octanol–water partition coefficient (Wildman–Crippen LogP) is 2.91. The number of anilines is 1. The second kappa shape index (κ2) is 10.5. The Kier molecular flexibility index (Phi) is 7.80. The number of nitrogens with one attached hydrogen (secondary N) is 4. The molecule has 1 amide bonds. The summed E-state index contributed by atoms with van der Waals surface area (Å²) in [7, 11) is 3.66. The number of aromatic amines is 1. The van der Waals surface area contributed by atoms with Gasteiger partial charge in [0.05, 0.1) is 21.1 Å². The van der Waals surface area contributed by atoms with Gasteiger partial charge in [-0.15, -0.1) is 0 Å². The molecule has 0 aliphatic heterocycles. The van der Waals surface area contributed by atoms with Gasteiger partial charge in [-0.1, -0.05) is 23.2 Å². The maximum atomic E-state index is 12.8. The maximum absolute atomic E-state index is 12.8. The van der Waals surface area contributed by atoms with Crippen LogP contribution in [-0.2, 0) is 0 Å². The molecule has 166 valence electrons. The van der Waals surface area contributed by atoms with E-state index in [0.717, 1.165) is 4.57 Å². The zero-order valence-electron chi connectivity index (χ0n) is 17.1. The lowest BCUT2D eigenvalue weighted by Gasteiger charge is -2.15. The summed E-state index contributed by atoms with van der Waals surface area (Å²) in [5.74, 6) is 1.03. The summed E-state index contributed by atoms with van der Waals surface area (Å²) in [5.41, 5.74) is 0.545. The fourth-order valence-electron chi connectivity index (χ4n) is 2.83. The number of benzene rings is 2. The van der Waals surface area contributed by atoms with E-state index >= 15 is 0 Å². The summed E-state index contributed by atoms with van der Waals surface area (Å²) in [4.78, 5) is 27.8. The summed E-state index contributed by atoms with van der Waals surface area (Å²) in [6.07, 6.45) is 0. The molecule has 9 nitrogen and oxygen atoms in total. The number of imidazole rings is 1. The van der Waals surface area contributed by atoms with E-state index in [4.69, 9.17) is 32.7 Å². The Hall–Kier alpha value is -2.72. The smallest absolute Gasteiger partial charge is 0.334 e. The molecule has 0 bridgehead atoms. The Morgan fingerprint density at radius 2 is 1.65 bits per heavy atom. The van der Waals surface area contributed by atoms with Crippen molar-refractivity contribution < 1.29 is 14.3 Å². The van der Waals surface area contributed by atoms with Gasteiger partial charge in [0, 0.05) is 24.8 Å². The highest BCUT2D eigenvalue weighted by molar-refractivity contribution is 6.42. The van der Waals surface area contributed by atoms with Crippen LogP contribution in [0.4, 0.5) is 10.5 Å². The normalized spacial score (nSPS) is 11.0. The molecule has 0 aliphatic rings. The third-order valence-electron chi connectivity index (χ3n) is 4.34. The lowest BCUT2D eigenvalue weighted by atomic mass is 10.2. The molecule has 0 saturated heterocycles. The van der Waals surface area contributed by atoms with Crippen molar-refractivity contribution in [2.75, 3.05) is 45.7 Å². The minimum Gasteiger partial charge on any atom is -0.488 e. The molecule has 0 saturated carbocycles. The Morgan fingerprint density at radius 1 is 1.00 bits per heavy atom. The standard InChI is InChI=1S/C20H23Cl2N5O4/c1-23-5-7-30-17-4-3-12(9-18(17)31-8-6-24-2)25-19(28)27-16-11-14(22)13(21)10-15(16)26-20(27)29/h3-4,9-11,23-24H,5-8H2,1-2H3,(H,25,28)(H,26,29). The van der Waals surface area contributed by atoms with Crippen molar-refractivity contribution in [2.45, 2.75) is 0 Å². The Bertz CT molecular complexity index is 1130. The van der Waals surface area contributed by atoms with Crippen LogP contribution >= 0.6 is 23.2 Å². The van der Waals surface area contributed by atoms with Crippen molar-refractivity contribution in [3.8, 4) is 11.5 Å². The van der Waals surface area contributed by atoms with Crippen molar-refractivity contribution in [3.05, 3.63) is 50.9 Å². The zero-order valence-corrected chi connectivity index (χ0v) is 18.6. The molecule has 4 N–H and O–H groups in total. The van der Waals surface area contributed by atoms with Gasteiger partial charge in [-0.05, 0) is 38.4 Å². The van der Waals surface area contributed by atoms with Crippen LogP contribution in [0.2, 0.25) is 10.0 Å². The molecule has 11 heteroatoms. The van der Waals surface area contributed by atoms with Crippen LogP contribution < -0.4 is 31.1 Å². The second-order valence-electron chi connectivity index (χ2n) is 6.54. The van der Waals surface area contributed by atoms with Crippen LogP contribution in [0.15, 0.2) is 35.1 Å². The highest BCUT2D eigenvalue weighted by Crippen LogP contribution is 2.31. The first kappa shape index (κ1) is 23.0. The topological polar surface area (TPSA) is 109 Å². The summed E-state index contributed by atoms with van der Waals surface area (Å²) < 4.78 is 12.5. The first-order valence-electron chi connectivity index (χ1n) is 9.54. The number of fused-ring (bicyclic) bond motifs is 1. The van der Waals surface area contributed by atoms with E-state index in [9.17, 15) is 9.59 Å². The molecule has 2 aromatic carbocycles. The number of rotatable bonds is 9. The van der Waals surface area contributed by atoms with E-state index in [2.05, 4.69) is 20.9 Å². The van der Waals surface area contributed by atoms with Crippen molar-refractivity contribution in [1.82, 2.24) is 20.2 Å². The lowest BCUT2D eigenvalue weighted by molar-refractivity contribution is 0.253. The number of halogens is 2. The van der Waals surface area contributed by atoms with Crippen LogP contribution in [0.25, 0.3) is 11.0 Å². The molecular weight excluding hydrogens is 445 g/mol. The van der Waals surface area contributed by atoms with Crippen LogP contribution in [0.1, 0.15) is 0 Å². The van der Waals surface area contributed by atoms with Gasteiger partial charge in [0.25, 0.3) is 0 Å². The Labute approximate surface area is 188 Å². The fourth-order valence-corrected chi connectivity index (χ4v) is 3.15. The van der Waals surface area contributed by atoms with Crippen LogP contribution in [0, 0.1) is 0 Å². The molecule has 0 aliphatic carbocycles. The van der Waals surface area contributed by atoms with E-state index < -0.39 is 11.7 Å². The molecule has 0 spiro atoms. The third kappa shape index (κ3) is 5.50. The summed E-state index contributed by atoms with van der Waals surface area (Å²) in [6, 6.07) is 7.32. The molecule has 31 heavy (non-hydrogen) atoms. The van der Waals surface area contributed by atoms with Gasteiger partial charge < -0.3 is 30.4 Å². The van der Waals surface area contributed by atoms with Gasteiger partial charge in [-0.2, -0.15) is 0 Å². The van der Waals surface area contributed by atoms with Gasteiger partial charge >= 0.3 is 11.7 Å². The molecular formula is C20H23Cl2N5O4. The number of amides is 1. The molecule has 1 heterocycles. The minimum atomic E-state index is -0.653. The first-order valence-corrected chi connectivity index (χ1v) is 10.3.